The molecule has 2 rings (SSSR count). The first-order valence-electron chi connectivity index (χ1n) is 7.22. The molecule has 0 aliphatic carbocycles. The van der Waals surface area contributed by atoms with Crippen LogP contribution in [0.1, 0.15) is 15.9 Å². The zero-order valence-electron chi connectivity index (χ0n) is 13.3. The van der Waals surface area contributed by atoms with Crippen LogP contribution in [-0.2, 0) is 4.79 Å². The second-order valence-corrected chi connectivity index (χ2v) is 5.82. The van der Waals surface area contributed by atoms with E-state index in [0.717, 1.165) is 4.47 Å². The summed E-state index contributed by atoms with van der Waals surface area (Å²) in [7, 11) is 1.54. The molecule has 0 saturated heterocycles. The lowest BCUT2D eigenvalue weighted by molar-refractivity contribution is -0.120. The zero-order chi connectivity index (χ0) is 18.2. The lowest BCUT2D eigenvalue weighted by atomic mass is 10.2. The maximum Gasteiger partial charge on any atom is 0.259 e. The summed E-state index contributed by atoms with van der Waals surface area (Å²) < 4.78 is 5.78. The quantitative estimate of drug-likeness (QED) is 0.505. The van der Waals surface area contributed by atoms with Crippen molar-refractivity contribution in [3.05, 3.63) is 58.1 Å². The predicted molar refractivity (Wildman–Crippen MR) is 96.9 cm³/mol. The summed E-state index contributed by atoms with van der Waals surface area (Å²) in [5.74, 6) is -0.201. The lowest BCUT2D eigenvalue weighted by Crippen LogP contribution is -2.34. The van der Waals surface area contributed by atoms with E-state index in [-0.39, 0.29) is 18.2 Å². The SMILES string of the molecule is COc1ccc(C(=O)NCC(=O)N/N=C\c2cc(Br)ccc2O)cc1. The van der Waals surface area contributed by atoms with Gasteiger partial charge in [-0.15, -0.1) is 0 Å². The molecule has 0 unspecified atom stereocenters. The summed E-state index contributed by atoms with van der Waals surface area (Å²) >= 11 is 3.27. The number of nitrogens with zero attached hydrogens (tertiary/aromatic N) is 1. The Hall–Kier alpha value is -2.87. The third-order valence-corrected chi connectivity index (χ3v) is 3.64. The van der Waals surface area contributed by atoms with Gasteiger partial charge in [0, 0.05) is 15.6 Å². The van der Waals surface area contributed by atoms with Crippen LogP contribution >= 0.6 is 15.9 Å². The van der Waals surface area contributed by atoms with Crippen LogP contribution in [0, 0.1) is 0 Å². The van der Waals surface area contributed by atoms with Gasteiger partial charge in [-0.25, -0.2) is 5.43 Å². The maximum atomic E-state index is 11.9. The number of hydrogen-bond donors (Lipinski definition) is 3. The fourth-order valence-electron chi connectivity index (χ4n) is 1.85. The molecule has 0 radical (unpaired) electrons. The van der Waals surface area contributed by atoms with E-state index in [1.807, 2.05) is 0 Å². The van der Waals surface area contributed by atoms with Gasteiger partial charge >= 0.3 is 0 Å². The Morgan fingerprint density at radius 2 is 1.96 bits per heavy atom. The fraction of sp³-hybridized carbons (Fsp3) is 0.118. The van der Waals surface area contributed by atoms with Crippen molar-refractivity contribution in [2.24, 2.45) is 5.10 Å². The molecule has 2 aromatic rings. The number of nitrogens with one attached hydrogen (secondary N) is 2. The van der Waals surface area contributed by atoms with Crippen LogP contribution in [0.4, 0.5) is 0 Å². The highest BCUT2D eigenvalue weighted by atomic mass is 79.9. The van der Waals surface area contributed by atoms with E-state index in [9.17, 15) is 14.7 Å². The second-order valence-electron chi connectivity index (χ2n) is 4.91. The van der Waals surface area contributed by atoms with Crippen LogP contribution < -0.4 is 15.5 Å². The van der Waals surface area contributed by atoms with Gasteiger partial charge in [-0.2, -0.15) is 5.10 Å². The van der Waals surface area contributed by atoms with Crippen molar-refractivity contribution in [1.29, 1.82) is 0 Å². The number of halogens is 1. The number of ether oxygens (including phenoxy) is 1. The number of phenols is 1. The Balaban J connectivity index is 1.82. The van der Waals surface area contributed by atoms with Crippen molar-refractivity contribution in [2.45, 2.75) is 0 Å². The molecule has 7 nitrogen and oxygen atoms in total. The van der Waals surface area contributed by atoms with Crippen molar-refractivity contribution in [3.63, 3.8) is 0 Å². The highest BCUT2D eigenvalue weighted by Crippen LogP contribution is 2.19. The van der Waals surface area contributed by atoms with E-state index in [1.54, 1.807) is 36.4 Å². The third-order valence-electron chi connectivity index (χ3n) is 3.14. The van der Waals surface area contributed by atoms with Gasteiger partial charge in [0.2, 0.25) is 0 Å². The normalized spacial score (nSPS) is 10.5. The standard InChI is InChI=1S/C17H16BrN3O4/c1-25-14-5-2-11(3-6-14)17(24)19-10-16(23)21-20-9-12-8-13(18)4-7-15(12)22/h2-9,22H,10H2,1H3,(H,19,24)(H,21,23)/b20-9-. The molecule has 0 atom stereocenters. The van der Waals surface area contributed by atoms with Crippen LogP contribution in [0.15, 0.2) is 52.0 Å². The van der Waals surface area contributed by atoms with Gasteiger partial charge < -0.3 is 15.2 Å². The Labute approximate surface area is 152 Å². The summed E-state index contributed by atoms with van der Waals surface area (Å²) in [5.41, 5.74) is 3.13. The molecule has 0 spiro atoms. The summed E-state index contributed by atoms with van der Waals surface area (Å²) in [6, 6.07) is 11.3. The molecule has 0 saturated carbocycles. The van der Waals surface area contributed by atoms with Gasteiger partial charge in [0.05, 0.1) is 19.9 Å². The maximum absolute atomic E-state index is 11.9. The Kier molecular flexibility index (Phi) is 6.53. The van der Waals surface area contributed by atoms with Crippen LogP contribution in [-0.4, -0.2) is 36.8 Å². The largest absolute Gasteiger partial charge is 0.507 e. The molecule has 0 heterocycles. The van der Waals surface area contributed by atoms with Gasteiger partial charge in [0.25, 0.3) is 11.8 Å². The van der Waals surface area contributed by atoms with E-state index in [0.29, 0.717) is 16.9 Å². The van der Waals surface area contributed by atoms with Crippen LogP contribution in [0.2, 0.25) is 0 Å². The molecule has 0 aromatic heterocycles. The summed E-state index contributed by atoms with van der Waals surface area (Å²) in [4.78, 5) is 23.6. The second kappa shape index (κ2) is 8.84. The van der Waals surface area contributed by atoms with Crippen molar-refractivity contribution in [3.8, 4) is 11.5 Å². The van der Waals surface area contributed by atoms with E-state index < -0.39 is 5.91 Å². The van der Waals surface area contributed by atoms with E-state index in [4.69, 9.17) is 4.74 Å². The molecule has 0 aliphatic heterocycles. The number of hydrogen-bond acceptors (Lipinski definition) is 5. The molecule has 130 valence electrons. The first-order valence-corrected chi connectivity index (χ1v) is 8.01. The van der Waals surface area contributed by atoms with Gasteiger partial charge in [-0.05, 0) is 42.5 Å². The minimum Gasteiger partial charge on any atom is -0.507 e. The Morgan fingerprint density at radius 3 is 2.64 bits per heavy atom. The van der Waals surface area contributed by atoms with E-state index >= 15 is 0 Å². The first-order chi connectivity index (χ1) is 12.0. The molecule has 2 amide bonds. The smallest absolute Gasteiger partial charge is 0.259 e. The van der Waals surface area contributed by atoms with Crippen LogP contribution in [0.3, 0.4) is 0 Å². The minimum absolute atomic E-state index is 0.0361. The van der Waals surface area contributed by atoms with Gasteiger partial charge in [-0.1, -0.05) is 15.9 Å². The molecule has 0 bridgehead atoms. The fourth-order valence-corrected chi connectivity index (χ4v) is 2.23. The van der Waals surface area contributed by atoms with Crippen molar-refractivity contribution < 1.29 is 19.4 Å². The van der Waals surface area contributed by atoms with Crippen LogP contribution in [0.25, 0.3) is 0 Å². The van der Waals surface area contributed by atoms with Crippen molar-refractivity contribution in [2.75, 3.05) is 13.7 Å². The number of aromatic hydroxyl groups is 1. The lowest BCUT2D eigenvalue weighted by Gasteiger charge is -2.05. The number of carbonyl (C=O) groups is 2. The number of phenolic OH excluding ortho intramolecular Hbond substituents is 1. The highest BCUT2D eigenvalue weighted by Gasteiger charge is 2.07. The van der Waals surface area contributed by atoms with Crippen LogP contribution in [0.5, 0.6) is 11.5 Å². The highest BCUT2D eigenvalue weighted by molar-refractivity contribution is 9.10. The van der Waals surface area contributed by atoms with E-state index in [1.165, 1.54) is 19.4 Å². The number of carbonyl (C=O) groups excluding carboxylic acids is 2. The Morgan fingerprint density at radius 1 is 1.24 bits per heavy atom. The summed E-state index contributed by atoms with van der Waals surface area (Å²) in [6.45, 7) is -0.229. The predicted octanol–water partition coefficient (Wildman–Crippen LogP) is 2.04. The van der Waals surface area contributed by atoms with Crippen molar-refractivity contribution >= 4 is 34.0 Å². The molecule has 8 heteroatoms. The minimum atomic E-state index is -0.493. The number of methoxy groups -OCH3 is 1. The number of amides is 2. The molecular weight excluding hydrogens is 390 g/mol. The summed E-state index contributed by atoms with van der Waals surface area (Å²) in [5, 5.41) is 15.9. The molecule has 25 heavy (non-hydrogen) atoms. The first kappa shape index (κ1) is 18.5. The van der Waals surface area contributed by atoms with Gasteiger partial charge in [0.15, 0.2) is 0 Å². The molecule has 0 fully saturated rings. The zero-order valence-corrected chi connectivity index (χ0v) is 14.9. The monoisotopic (exact) mass is 405 g/mol. The van der Waals surface area contributed by atoms with Crippen molar-refractivity contribution in [1.82, 2.24) is 10.7 Å². The third kappa shape index (κ3) is 5.61. The molecule has 0 aliphatic rings. The van der Waals surface area contributed by atoms with E-state index in [2.05, 4.69) is 31.8 Å². The summed E-state index contributed by atoms with van der Waals surface area (Å²) in [6.07, 6.45) is 1.31. The number of hydrazone groups is 1. The molecular formula is C17H16BrN3O4. The van der Waals surface area contributed by atoms with Gasteiger partial charge in [0.1, 0.15) is 11.5 Å². The number of benzene rings is 2. The molecule has 3 N–H and O–H groups in total. The molecule has 2 aromatic carbocycles. The van der Waals surface area contributed by atoms with Gasteiger partial charge in [-0.3, -0.25) is 9.59 Å². The Bertz CT molecular complexity index is 791. The topological polar surface area (TPSA) is 100 Å². The number of rotatable bonds is 6. The average molecular weight is 406 g/mol. The average Bonchev–Trinajstić information content (AvgIpc) is 2.62.